The Balaban J connectivity index is 3.22. The summed E-state index contributed by atoms with van der Waals surface area (Å²) in [6.07, 6.45) is 8.55. The van der Waals surface area contributed by atoms with E-state index in [2.05, 4.69) is 11.9 Å². The largest absolute Gasteiger partial charge is 0.481 e. The molecule has 0 heterocycles. The summed E-state index contributed by atoms with van der Waals surface area (Å²) in [7, 11) is 2.11. The lowest BCUT2D eigenvalue weighted by Gasteiger charge is -2.16. The Kier molecular flexibility index (Phi) is 12.2. The van der Waals surface area contributed by atoms with Crippen LogP contribution in [0.2, 0.25) is 0 Å². The van der Waals surface area contributed by atoms with E-state index < -0.39 is 11.9 Å². The zero-order chi connectivity index (χ0) is 15.2. The monoisotopic (exact) mass is 287 g/mol. The van der Waals surface area contributed by atoms with Crippen LogP contribution in [0.1, 0.15) is 64.2 Å². The third kappa shape index (κ3) is 15.0. The summed E-state index contributed by atoms with van der Waals surface area (Å²) in [5.74, 6) is -1.41. The van der Waals surface area contributed by atoms with Crippen molar-refractivity contribution < 1.29 is 19.8 Å². The number of aliphatic carboxylic acids is 2. The highest BCUT2D eigenvalue weighted by atomic mass is 16.4. The average Bonchev–Trinajstić information content (AvgIpc) is 2.37. The van der Waals surface area contributed by atoms with Gasteiger partial charge in [0.2, 0.25) is 0 Å². The van der Waals surface area contributed by atoms with Crippen molar-refractivity contribution in [2.24, 2.45) is 0 Å². The SMILES string of the molecule is CN(CCCCCCC(=O)O)CCCCCCC(=O)O. The maximum atomic E-state index is 10.3. The molecule has 0 aromatic rings. The van der Waals surface area contributed by atoms with E-state index in [-0.39, 0.29) is 12.8 Å². The first kappa shape index (κ1) is 18.9. The van der Waals surface area contributed by atoms with Gasteiger partial charge in [-0.1, -0.05) is 25.7 Å². The molecule has 5 heteroatoms. The van der Waals surface area contributed by atoms with Gasteiger partial charge in [-0.25, -0.2) is 0 Å². The summed E-state index contributed by atoms with van der Waals surface area (Å²) in [5, 5.41) is 17.0. The van der Waals surface area contributed by atoms with Crippen molar-refractivity contribution in [3.05, 3.63) is 0 Å². The van der Waals surface area contributed by atoms with E-state index in [4.69, 9.17) is 10.2 Å². The van der Waals surface area contributed by atoms with E-state index in [1.807, 2.05) is 0 Å². The van der Waals surface area contributed by atoms with Gasteiger partial charge in [0.05, 0.1) is 0 Å². The second kappa shape index (κ2) is 12.9. The van der Waals surface area contributed by atoms with Gasteiger partial charge < -0.3 is 15.1 Å². The van der Waals surface area contributed by atoms with Gasteiger partial charge in [-0.3, -0.25) is 9.59 Å². The molecule has 0 fully saturated rings. The normalized spacial score (nSPS) is 10.9. The van der Waals surface area contributed by atoms with Crippen molar-refractivity contribution in [1.82, 2.24) is 4.90 Å². The topological polar surface area (TPSA) is 77.8 Å². The minimum atomic E-state index is -0.704. The second-order valence-corrected chi connectivity index (χ2v) is 5.42. The molecule has 5 nitrogen and oxygen atoms in total. The van der Waals surface area contributed by atoms with Crippen LogP contribution in [0.15, 0.2) is 0 Å². The molecular formula is C15H29NO4. The van der Waals surface area contributed by atoms with Crippen molar-refractivity contribution in [3.8, 4) is 0 Å². The summed E-state index contributed by atoms with van der Waals surface area (Å²) in [6.45, 7) is 2.12. The summed E-state index contributed by atoms with van der Waals surface area (Å²) < 4.78 is 0. The average molecular weight is 287 g/mol. The van der Waals surface area contributed by atoms with Gasteiger partial charge in [0.15, 0.2) is 0 Å². The summed E-state index contributed by atoms with van der Waals surface area (Å²) in [4.78, 5) is 23.0. The molecule has 0 unspecified atom stereocenters. The molecule has 0 saturated heterocycles. The quantitative estimate of drug-likeness (QED) is 0.480. The number of carboxylic acids is 2. The Morgan fingerprint density at radius 1 is 0.700 bits per heavy atom. The molecule has 0 rings (SSSR count). The maximum Gasteiger partial charge on any atom is 0.303 e. The van der Waals surface area contributed by atoms with Crippen LogP contribution in [0.3, 0.4) is 0 Å². The first-order chi connectivity index (χ1) is 9.52. The number of hydrogen-bond donors (Lipinski definition) is 2. The van der Waals surface area contributed by atoms with Crippen molar-refractivity contribution >= 4 is 11.9 Å². The van der Waals surface area contributed by atoms with E-state index in [0.717, 1.165) is 64.5 Å². The maximum absolute atomic E-state index is 10.3. The first-order valence-corrected chi connectivity index (χ1v) is 7.64. The van der Waals surface area contributed by atoms with Gasteiger partial charge in [-0.15, -0.1) is 0 Å². The molecule has 0 saturated carbocycles. The van der Waals surface area contributed by atoms with Gasteiger partial charge in [0.25, 0.3) is 0 Å². The molecule has 0 aromatic carbocycles. The predicted molar refractivity (Wildman–Crippen MR) is 78.9 cm³/mol. The lowest BCUT2D eigenvalue weighted by molar-refractivity contribution is -0.138. The molecule has 20 heavy (non-hydrogen) atoms. The second-order valence-electron chi connectivity index (χ2n) is 5.42. The highest BCUT2D eigenvalue weighted by Crippen LogP contribution is 2.06. The van der Waals surface area contributed by atoms with Gasteiger partial charge in [0, 0.05) is 12.8 Å². The summed E-state index contributed by atoms with van der Waals surface area (Å²) in [6, 6.07) is 0. The van der Waals surface area contributed by atoms with Gasteiger partial charge >= 0.3 is 11.9 Å². The van der Waals surface area contributed by atoms with E-state index in [1.165, 1.54) is 0 Å². The summed E-state index contributed by atoms with van der Waals surface area (Å²) in [5.41, 5.74) is 0. The number of nitrogens with zero attached hydrogens (tertiary/aromatic N) is 1. The van der Waals surface area contributed by atoms with E-state index in [1.54, 1.807) is 0 Å². The molecule has 0 spiro atoms. The fraction of sp³-hybridized carbons (Fsp3) is 0.867. The number of hydrogen-bond acceptors (Lipinski definition) is 3. The molecule has 0 radical (unpaired) electrons. The molecule has 0 atom stereocenters. The van der Waals surface area contributed by atoms with Crippen LogP contribution in [0.25, 0.3) is 0 Å². The van der Waals surface area contributed by atoms with E-state index in [0.29, 0.717) is 0 Å². The van der Waals surface area contributed by atoms with Crippen molar-refractivity contribution in [1.29, 1.82) is 0 Å². The van der Waals surface area contributed by atoms with Crippen LogP contribution >= 0.6 is 0 Å². The molecule has 0 bridgehead atoms. The van der Waals surface area contributed by atoms with Crippen LogP contribution < -0.4 is 0 Å². The van der Waals surface area contributed by atoms with E-state index >= 15 is 0 Å². The Morgan fingerprint density at radius 3 is 1.40 bits per heavy atom. The van der Waals surface area contributed by atoms with Crippen LogP contribution in [-0.2, 0) is 9.59 Å². The Hall–Kier alpha value is -1.10. The molecule has 118 valence electrons. The van der Waals surface area contributed by atoms with Crippen LogP contribution in [-0.4, -0.2) is 47.2 Å². The number of carboxylic acid groups (broad SMARTS) is 2. The van der Waals surface area contributed by atoms with Crippen molar-refractivity contribution in [3.63, 3.8) is 0 Å². The zero-order valence-electron chi connectivity index (χ0n) is 12.6. The minimum absolute atomic E-state index is 0.284. The standard InChI is InChI=1S/C15H29NO4/c1-16(12-8-4-2-6-10-14(17)18)13-9-5-3-7-11-15(19)20/h2-13H2,1H3,(H,17,18)(H,19,20). The van der Waals surface area contributed by atoms with Crippen molar-refractivity contribution in [2.75, 3.05) is 20.1 Å². The molecule has 0 aliphatic rings. The highest BCUT2D eigenvalue weighted by molar-refractivity contribution is 5.66. The van der Waals surface area contributed by atoms with Crippen LogP contribution in [0.4, 0.5) is 0 Å². The van der Waals surface area contributed by atoms with Gasteiger partial charge in [0.1, 0.15) is 0 Å². The zero-order valence-corrected chi connectivity index (χ0v) is 12.6. The molecule has 0 aromatic heterocycles. The van der Waals surface area contributed by atoms with Gasteiger partial charge in [-0.05, 0) is 45.8 Å². The first-order valence-electron chi connectivity index (χ1n) is 7.64. The smallest absolute Gasteiger partial charge is 0.303 e. The lowest BCUT2D eigenvalue weighted by atomic mass is 10.1. The Labute approximate surface area is 122 Å². The number of unbranched alkanes of at least 4 members (excludes halogenated alkanes) is 6. The number of carbonyl (C=O) groups is 2. The molecular weight excluding hydrogens is 258 g/mol. The highest BCUT2D eigenvalue weighted by Gasteiger charge is 2.01. The Morgan fingerprint density at radius 2 is 1.05 bits per heavy atom. The predicted octanol–water partition coefficient (Wildman–Crippen LogP) is 2.99. The molecule has 0 amide bonds. The van der Waals surface area contributed by atoms with Crippen LogP contribution in [0, 0.1) is 0 Å². The van der Waals surface area contributed by atoms with Crippen molar-refractivity contribution in [2.45, 2.75) is 64.2 Å². The lowest BCUT2D eigenvalue weighted by Crippen LogP contribution is -2.20. The summed E-state index contributed by atoms with van der Waals surface area (Å²) >= 11 is 0. The molecule has 0 aliphatic heterocycles. The van der Waals surface area contributed by atoms with Gasteiger partial charge in [-0.2, -0.15) is 0 Å². The molecule has 2 N–H and O–H groups in total. The third-order valence-electron chi connectivity index (χ3n) is 3.36. The number of rotatable bonds is 14. The van der Waals surface area contributed by atoms with E-state index in [9.17, 15) is 9.59 Å². The third-order valence-corrected chi connectivity index (χ3v) is 3.36. The fourth-order valence-electron chi connectivity index (χ4n) is 2.13. The molecule has 0 aliphatic carbocycles. The minimum Gasteiger partial charge on any atom is -0.481 e. The Bertz CT molecular complexity index is 243. The fourth-order valence-corrected chi connectivity index (χ4v) is 2.13. The van der Waals surface area contributed by atoms with Crippen LogP contribution in [0.5, 0.6) is 0 Å².